The number of aliphatic hydroxyl groups excluding tert-OH is 1. The third-order valence-corrected chi connectivity index (χ3v) is 16.8. The Kier molecular flexibility index (Phi) is 41.5. The third kappa shape index (κ3) is 33.0. The predicted octanol–water partition coefficient (Wildman–Crippen LogP) is 6.88. The molecule has 1 aromatic rings. The van der Waals surface area contributed by atoms with E-state index in [1.54, 1.807) is 40.7 Å². The van der Waals surface area contributed by atoms with Gasteiger partial charge in [0.1, 0.15) is 73.9 Å². The number of fused-ring (bicyclic) bond motifs is 1. The Morgan fingerprint density at radius 3 is 1.51 bits per heavy atom. The summed E-state index contributed by atoms with van der Waals surface area (Å²) in [6.45, 7) is 41.7. The first kappa shape index (κ1) is 97.9. The molecule has 13 aliphatic rings. The van der Waals surface area contributed by atoms with Gasteiger partial charge in [0.2, 0.25) is 0 Å². The van der Waals surface area contributed by atoms with Crippen molar-refractivity contribution < 1.29 is 171 Å². The second-order valence-corrected chi connectivity index (χ2v) is 27.8. The second kappa shape index (κ2) is 47.5. The van der Waals surface area contributed by atoms with E-state index in [9.17, 15) is 38.7 Å². The van der Waals surface area contributed by atoms with Crippen LogP contribution < -0.4 is 5.82 Å². The van der Waals surface area contributed by atoms with Crippen molar-refractivity contribution in [2.24, 2.45) is 10.8 Å². The summed E-state index contributed by atoms with van der Waals surface area (Å²) in [7, 11) is 5.43. The first-order valence-electron chi connectivity index (χ1n) is 36.4. The Bertz CT molecular complexity index is 3060. The number of esters is 6. The first-order chi connectivity index (χ1) is 52.9. The maximum absolute atomic E-state index is 11.2. The van der Waals surface area contributed by atoms with Gasteiger partial charge in [0.05, 0.1) is 131 Å². The highest BCUT2D eigenvalue weighted by Gasteiger charge is 2.58. The van der Waals surface area contributed by atoms with E-state index in [0.717, 1.165) is 89.3 Å². The van der Waals surface area contributed by atoms with Crippen LogP contribution in [0, 0.1) is 10.8 Å². The quantitative estimate of drug-likeness (QED) is 0.0819. The average Bonchev–Trinajstić information content (AvgIpc) is 1.45. The fraction of sp³-hybridized carbons (Fsp3) is 0.747. The molecular weight excluding hydrogens is 1490 g/mol. The van der Waals surface area contributed by atoms with E-state index in [0.29, 0.717) is 72.0 Å². The van der Waals surface area contributed by atoms with Crippen molar-refractivity contribution in [1.82, 2.24) is 0 Å². The molecular formula is C75H118O37. The maximum atomic E-state index is 11.2. The van der Waals surface area contributed by atoms with Crippen LogP contribution in [-0.4, -0.2) is 260 Å². The predicted molar refractivity (Wildman–Crippen MR) is 384 cm³/mol. The Hall–Kier alpha value is -6.51. The molecule has 112 heavy (non-hydrogen) atoms. The zero-order valence-electron chi connectivity index (χ0n) is 67.8. The Labute approximate surface area is 653 Å². The average molecular weight is 1610 g/mol. The molecule has 0 radical (unpaired) electrons. The lowest BCUT2D eigenvalue weighted by atomic mass is 9.84. The van der Waals surface area contributed by atoms with E-state index in [1.165, 1.54) is 66.3 Å². The smallest absolute Gasteiger partial charge is 0.501 e. The van der Waals surface area contributed by atoms with E-state index in [2.05, 4.69) is 45.7 Å². The zero-order chi connectivity index (χ0) is 83.4. The van der Waals surface area contributed by atoms with Gasteiger partial charge >= 0.3 is 41.6 Å². The van der Waals surface area contributed by atoms with Gasteiger partial charge in [-0.05, 0) is 114 Å². The summed E-state index contributed by atoms with van der Waals surface area (Å²) in [5, 5.41) is 10.3. The number of carbonyl (C=O) groups excluding carboxylic acids is 6. The fourth-order valence-corrected chi connectivity index (χ4v) is 11.4. The van der Waals surface area contributed by atoms with Crippen molar-refractivity contribution in [3.63, 3.8) is 0 Å². The normalized spacial score (nSPS) is 28.0. The molecule has 13 heterocycles. The molecule has 1 aromatic heterocycles. The number of hydrogen-bond acceptors (Lipinski definition) is 37. The monoisotopic (exact) mass is 1610 g/mol. The molecule has 11 saturated heterocycles. The van der Waals surface area contributed by atoms with Gasteiger partial charge in [-0.25, -0.2) is 19.2 Å². The molecule has 12 aliphatic heterocycles. The molecule has 12 fully saturated rings. The maximum Gasteiger partial charge on any atom is 0.518 e. The van der Waals surface area contributed by atoms with Gasteiger partial charge in [-0.3, -0.25) is 14.4 Å². The fourth-order valence-electron chi connectivity index (χ4n) is 11.4. The van der Waals surface area contributed by atoms with Crippen molar-refractivity contribution in [3.05, 3.63) is 84.1 Å². The molecule has 37 heteroatoms. The number of cyclic esters (lactones) is 2. The van der Waals surface area contributed by atoms with Crippen molar-refractivity contribution >= 4 is 35.8 Å². The van der Waals surface area contributed by atoms with Gasteiger partial charge in [0.25, 0.3) is 5.79 Å². The minimum Gasteiger partial charge on any atom is -0.501 e. The van der Waals surface area contributed by atoms with Crippen molar-refractivity contribution in [2.45, 2.75) is 220 Å². The number of hydrogen-bond donors (Lipinski definition) is 1. The molecule has 1 N–H and O–H groups in total. The lowest BCUT2D eigenvalue weighted by molar-refractivity contribution is -0.250. The first-order valence-corrected chi connectivity index (χ1v) is 36.4. The largest absolute Gasteiger partial charge is 0.518 e. The second-order valence-electron chi connectivity index (χ2n) is 27.8. The molecule has 3 unspecified atom stereocenters. The van der Waals surface area contributed by atoms with Gasteiger partial charge in [0.15, 0.2) is 53.9 Å². The van der Waals surface area contributed by atoms with E-state index in [4.69, 9.17) is 104 Å². The van der Waals surface area contributed by atoms with Crippen LogP contribution >= 0.6 is 0 Å². The Balaban J connectivity index is 0.000000264. The number of allylic oxidation sites excluding steroid dienone is 1. The topological polar surface area (TPSA) is 415 Å². The van der Waals surface area contributed by atoms with Crippen molar-refractivity contribution in [2.75, 3.05) is 135 Å². The van der Waals surface area contributed by atoms with Crippen LogP contribution in [0.25, 0.3) is 0 Å². The van der Waals surface area contributed by atoms with Crippen LogP contribution in [0.15, 0.2) is 87.2 Å². The molecule has 1 aliphatic carbocycles. The van der Waals surface area contributed by atoms with Gasteiger partial charge < -0.3 is 142 Å². The summed E-state index contributed by atoms with van der Waals surface area (Å²) < 4.78 is 147. The number of ether oxygens (including phenoxy) is 27. The van der Waals surface area contributed by atoms with Crippen LogP contribution in [0.5, 0.6) is 0 Å². The molecule has 3 spiro atoms. The zero-order valence-corrected chi connectivity index (χ0v) is 67.8. The molecule has 0 amide bonds. The van der Waals surface area contributed by atoms with Crippen LogP contribution in [0.4, 0.5) is 0 Å². The standard InChI is InChI=1S/C12H20O6.C10H16O4.C8H12O5.C8H12O2.2C7H12O4.C7H12O3.C5H10O2.C4H4O2.C4H6O2.C3H2O3/c1-11(2)14-5-6(16-11)8-7(13)9-10(15-8)18-12(3,4)17-9;1-2-10(13-7-8-14-10)4-3-9(1)11-5-6-12-9;1-10-6-4-5-8(12-3,13-6)7(9)11-2;1-5(2)6-8(3,4)7(9)10-6;1-7(2-9-5-8-1)3-10-6-11-4-7;1-7(2)10-4-5(11-7)6(8)9-3;1-3-9-6-5-7(8)10-4-2;1-5-6-3-2-4-7-5;1-3-2-4(5)6-3;1-3-6-4(2)5;4-3-5-1-2-6-3/h6-10,13H,5H2,1-4H3;1-8H2;4-6H,1-3H3;1-4H3;1-6H2;5H,4H2,1-3H3;5-6H,3-4H2,1-2H3;5H,2-4H2,1H3;1-2H2;3H,1H2,2H3;1-2H/b;;;;;;6-5+;;;;/t6-,7-,8-,9+,10+;;;;;;;;;;/m0........../s1. The minimum atomic E-state index is -1.45. The van der Waals surface area contributed by atoms with E-state index in [-0.39, 0.29) is 71.3 Å². The Morgan fingerprint density at radius 1 is 0.652 bits per heavy atom. The minimum absolute atomic E-state index is 0.0312. The number of carbonyl (C=O) groups is 6. The number of rotatable bonds is 10. The van der Waals surface area contributed by atoms with E-state index < -0.39 is 71.9 Å². The summed E-state index contributed by atoms with van der Waals surface area (Å²) in [6.07, 6.45) is 10.5. The SMILES string of the molecule is C1COC2(CCC3(CC2)OCCO3)O1.C1OCC2(CO1)COCOC2.C=C1CC(=O)O1.C=COC(C)=O.CC(C)=C1OC(=O)C1(C)C.CC1(C)O[C@H]2O[C@@H]([C@@H]3COC(C)(C)O3)[C@H](O)[C@H]2O1.CC1OCCCO1.CCO/C=C/C(=O)OCC.COC(=O)C1(OC)C=CC(OC)O1.COC(=O)C1COC(C)(C)O1.O=c1occo1. The molecule has 640 valence electrons. The molecule has 1 saturated carbocycles. The lowest BCUT2D eigenvalue weighted by Gasteiger charge is -2.39. The van der Waals surface area contributed by atoms with Gasteiger partial charge in [0, 0.05) is 46.8 Å². The summed E-state index contributed by atoms with van der Waals surface area (Å²) in [6, 6.07) is 0. The summed E-state index contributed by atoms with van der Waals surface area (Å²) >= 11 is 0. The van der Waals surface area contributed by atoms with E-state index >= 15 is 0 Å². The van der Waals surface area contributed by atoms with Crippen molar-refractivity contribution in [3.8, 4) is 0 Å². The van der Waals surface area contributed by atoms with E-state index in [1.807, 2.05) is 55.4 Å². The summed E-state index contributed by atoms with van der Waals surface area (Å²) in [5.41, 5.74) is 0.694. The number of aliphatic hydroxyl groups is 1. The van der Waals surface area contributed by atoms with Crippen LogP contribution in [0.2, 0.25) is 0 Å². The lowest BCUT2D eigenvalue weighted by Crippen LogP contribution is -2.47. The molecule has 0 aromatic carbocycles. The molecule has 37 nitrogen and oxygen atoms in total. The molecule has 14 rings (SSSR count). The van der Waals surface area contributed by atoms with Crippen LogP contribution in [0.1, 0.15) is 135 Å². The Morgan fingerprint density at radius 2 is 1.19 bits per heavy atom. The van der Waals surface area contributed by atoms with Crippen LogP contribution in [0.3, 0.4) is 0 Å². The highest BCUT2D eigenvalue weighted by atomic mass is 16.9. The van der Waals surface area contributed by atoms with Gasteiger partial charge in [-0.2, -0.15) is 0 Å². The highest BCUT2D eigenvalue weighted by Crippen LogP contribution is 2.45. The third-order valence-electron chi connectivity index (χ3n) is 16.8. The molecule has 8 atom stereocenters. The highest BCUT2D eigenvalue weighted by molar-refractivity contribution is 5.87. The van der Waals surface area contributed by atoms with Crippen molar-refractivity contribution in [1.29, 1.82) is 0 Å². The summed E-state index contributed by atoms with van der Waals surface area (Å²) in [5.74, 6) is -5.27. The summed E-state index contributed by atoms with van der Waals surface area (Å²) in [4.78, 5) is 72.8. The molecule has 0 bridgehead atoms. The number of methoxy groups -OCH3 is 4. The van der Waals surface area contributed by atoms with Crippen LogP contribution in [-0.2, 0) is 157 Å². The van der Waals surface area contributed by atoms with Gasteiger partial charge in [-0.15, -0.1) is 0 Å². The van der Waals surface area contributed by atoms with Gasteiger partial charge in [-0.1, -0.05) is 13.2 Å².